The van der Waals surface area contributed by atoms with Crippen LogP contribution in [0.5, 0.6) is 0 Å². The predicted molar refractivity (Wildman–Crippen MR) is 111 cm³/mol. The molecule has 4 heteroatoms. The summed E-state index contributed by atoms with van der Waals surface area (Å²) in [5.41, 5.74) is 3.47. The quantitative estimate of drug-likeness (QED) is 0.351. The number of nitrogens with zero attached hydrogens (tertiary/aromatic N) is 2. The summed E-state index contributed by atoms with van der Waals surface area (Å²) in [7, 11) is 0. The van der Waals surface area contributed by atoms with Gasteiger partial charge in [-0.3, -0.25) is 4.79 Å². The molecule has 2 heterocycles. The maximum Gasteiger partial charge on any atom is 0.306 e. The summed E-state index contributed by atoms with van der Waals surface area (Å²) in [5, 5.41) is 0. The van der Waals surface area contributed by atoms with Gasteiger partial charge in [0.15, 0.2) is 37.9 Å². The van der Waals surface area contributed by atoms with E-state index >= 15 is 0 Å². The number of allylic oxidation sites excluding steroid dienone is 2. The monoisotopic (exact) mass is 386 g/mol. The molecule has 0 spiro atoms. The molecule has 0 N–H and O–H groups in total. The first-order chi connectivity index (χ1) is 14.3. The number of hydrogen-bond donors (Lipinski definition) is 0. The van der Waals surface area contributed by atoms with Gasteiger partial charge >= 0.3 is 5.97 Å². The average Bonchev–Trinajstić information content (AvgIpc) is 3.28. The van der Waals surface area contributed by atoms with E-state index in [0.717, 1.165) is 24.1 Å². The molecule has 1 aliphatic carbocycles. The van der Waals surface area contributed by atoms with Gasteiger partial charge in [-0.15, -0.1) is 0 Å². The van der Waals surface area contributed by atoms with Crippen LogP contribution in [0.4, 0.5) is 0 Å². The van der Waals surface area contributed by atoms with E-state index in [0.29, 0.717) is 25.5 Å². The molecule has 1 atom stereocenters. The molecule has 0 aliphatic heterocycles. The molecule has 0 unspecified atom stereocenters. The Labute approximate surface area is 171 Å². The fourth-order valence-corrected chi connectivity index (χ4v) is 3.59. The Balaban J connectivity index is 1.29. The summed E-state index contributed by atoms with van der Waals surface area (Å²) in [6.45, 7) is 1.07. The molecule has 4 nitrogen and oxygen atoms in total. The van der Waals surface area contributed by atoms with Gasteiger partial charge in [0.25, 0.3) is 0 Å². The number of esters is 1. The zero-order valence-corrected chi connectivity index (χ0v) is 16.5. The fraction of sp³-hybridized carbons (Fsp3) is 0.240. The van der Waals surface area contributed by atoms with Crippen LogP contribution < -0.4 is 9.13 Å². The molecule has 3 aromatic rings. The topological polar surface area (TPSA) is 34.1 Å². The molecule has 1 aromatic carbocycles. The number of carbonyl (C=O) groups excluding carboxylic acids is 1. The molecule has 0 saturated carbocycles. The Bertz CT molecular complexity index is 964. The molecule has 4 rings (SSSR count). The Morgan fingerprint density at radius 1 is 0.931 bits per heavy atom. The molecule has 146 valence electrons. The van der Waals surface area contributed by atoms with Gasteiger partial charge in [0.05, 0.1) is 6.42 Å². The van der Waals surface area contributed by atoms with Gasteiger partial charge in [-0.1, -0.05) is 30.4 Å². The highest BCUT2D eigenvalue weighted by molar-refractivity contribution is 5.70. The lowest BCUT2D eigenvalue weighted by molar-refractivity contribution is -0.697. The molecular formula is C25H26N2O2+2. The van der Waals surface area contributed by atoms with E-state index in [1.54, 1.807) is 0 Å². The Kier molecular flexibility index (Phi) is 6.10. The fourth-order valence-electron chi connectivity index (χ4n) is 3.59. The molecule has 0 radical (unpaired) electrons. The SMILES string of the molecule is O=C(C[C@@H]1C=CCC1)OCC[n+]1ccc(-c2cc[n+](-c3ccccc3)cc2)cc1. The van der Waals surface area contributed by atoms with Crippen molar-refractivity contribution in [3.05, 3.63) is 91.5 Å². The second-order valence-electron chi connectivity index (χ2n) is 7.34. The number of carbonyl (C=O) groups is 1. The van der Waals surface area contributed by atoms with Crippen LogP contribution in [0.2, 0.25) is 0 Å². The van der Waals surface area contributed by atoms with Gasteiger partial charge in [0, 0.05) is 36.4 Å². The normalized spacial score (nSPS) is 15.4. The van der Waals surface area contributed by atoms with E-state index in [9.17, 15) is 4.79 Å². The highest BCUT2D eigenvalue weighted by Gasteiger charge is 2.15. The number of pyridine rings is 2. The van der Waals surface area contributed by atoms with Gasteiger partial charge in [0.1, 0.15) is 0 Å². The minimum Gasteiger partial charge on any atom is -0.459 e. The summed E-state index contributed by atoms with van der Waals surface area (Å²) in [4.78, 5) is 11.9. The maximum atomic E-state index is 11.9. The van der Waals surface area contributed by atoms with Gasteiger partial charge in [-0.05, 0) is 29.9 Å². The van der Waals surface area contributed by atoms with Crippen molar-refractivity contribution in [2.24, 2.45) is 5.92 Å². The molecule has 0 amide bonds. The number of benzene rings is 1. The van der Waals surface area contributed by atoms with Crippen molar-refractivity contribution in [2.45, 2.75) is 25.8 Å². The third-order valence-corrected chi connectivity index (χ3v) is 5.26. The summed E-state index contributed by atoms with van der Waals surface area (Å²) >= 11 is 0. The summed E-state index contributed by atoms with van der Waals surface area (Å²) in [6, 6.07) is 18.7. The number of ether oxygens (including phenoxy) is 1. The Morgan fingerprint density at radius 2 is 1.62 bits per heavy atom. The van der Waals surface area contributed by atoms with Crippen molar-refractivity contribution < 1.29 is 18.7 Å². The first-order valence-corrected chi connectivity index (χ1v) is 10.2. The zero-order valence-electron chi connectivity index (χ0n) is 16.5. The van der Waals surface area contributed by atoms with Crippen molar-refractivity contribution >= 4 is 5.97 Å². The first kappa shape index (κ1) is 19.1. The number of aromatic nitrogens is 2. The number of para-hydroxylation sites is 1. The lowest BCUT2D eigenvalue weighted by Crippen LogP contribution is -2.35. The highest BCUT2D eigenvalue weighted by atomic mass is 16.5. The first-order valence-electron chi connectivity index (χ1n) is 10.2. The van der Waals surface area contributed by atoms with Crippen molar-refractivity contribution in [1.29, 1.82) is 0 Å². The number of rotatable bonds is 7. The van der Waals surface area contributed by atoms with E-state index in [1.165, 1.54) is 5.56 Å². The summed E-state index contributed by atoms with van der Waals surface area (Å²) in [6.07, 6.45) is 15.1. The minimum atomic E-state index is -0.102. The van der Waals surface area contributed by atoms with Gasteiger partial charge in [-0.2, -0.15) is 4.57 Å². The molecule has 0 saturated heterocycles. The molecule has 29 heavy (non-hydrogen) atoms. The van der Waals surface area contributed by atoms with Crippen molar-refractivity contribution in [1.82, 2.24) is 0 Å². The van der Waals surface area contributed by atoms with E-state index in [2.05, 4.69) is 65.5 Å². The Hall–Kier alpha value is -3.27. The van der Waals surface area contributed by atoms with Crippen molar-refractivity contribution in [3.8, 4) is 16.8 Å². The standard InChI is InChI=1S/C25H26N2O2/c28-25(20-21-6-4-5-7-21)29-19-18-26-14-10-22(11-15-26)23-12-16-27(17-13-23)24-8-2-1-3-9-24/h1-4,6,8-17,21H,5,7,18-20H2/q+2/t21-/m1/s1. The van der Waals surface area contributed by atoms with E-state index in [1.807, 2.05) is 35.2 Å². The van der Waals surface area contributed by atoms with Crippen LogP contribution in [0.1, 0.15) is 19.3 Å². The van der Waals surface area contributed by atoms with Crippen LogP contribution in [0, 0.1) is 5.92 Å². The second kappa shape index (κ2) is 9.28. The third kappa shape index (κ3) is 5.17. The minimum absolute atomic E-state index is 0.102. The largest absolute Gasteiger partial charge is 0.459 e. The van der Waals surface area contributed by atoms with E-state index in [4.69, 9.17) is 4.74 Å². The van der Waals surface area contributed by atoms with Crippen molar-refractivity contribution in [2.75, 3.05) is 6.61 Å². The second-order valence-corrected chi connectivity index (χ2v) is 7.34. The lowest BCUT2D eigenvalue weighted by Gasteiger charge is -2.07. The maximum absolute atomic E-state index is 11.9. The third-order valence-electron chi connectivity index (χ3n) is 5.26. The average molecular weight is 386 g/mol. The van der Waals surface area contributed by atoms with Crippen LogP contribution >= 0.6 is 0 Å². The van der Waals surface area contributed by atoms with Gasteiger partial charge < -0.3 is 4.74 Å². The summed E-state index contributed by atoms with van der Waals surface area (Å²) in [5.74, 6) is 0.260. The van der Waals surface area contributed by atoms with E-state index < -0.39 is 0 Å². The van der Waals surface area contributed by atoms with Gasteiger partial charge in [0.2, 0.25) is 5.69 Å². The van der Waals surface area contributed by atoms with Crippen LogP contribution in [-0.2, 0) is 16.1 Å². The molecule has 0 bridgehead atoms. The van der Waals surface area contributed by atoms with Gasteiger partial charge in [-0.25, -0.2) is 4.57 Å². The number of hydrogen-bond acceptors (Lipinski definition) is 2. The highest BCUT2D eigenvalue weighted by Crippen LogP contribution is 2.20. The lowest BCUT2D eigenvalue weighted by atomic mass is 10.1. The van der Waals surface area contributed by atoms with E-state index in [-0.39, 0.29) is 5.97 Å². The van der Waals surface area contributed by atoms with Crippen LogP contribution in [-0.4, -0.2) is 12.6 Å². The smallest absolute Gasteiger partial charge is 0.306 e. The predicted octanol–water partition coefficient (Wildman–Crippen LogP) is 3.82. The van der Waals surface area contributed by atoms with Crippen LogP contribution in [0.25, 0.3) is 16.8 Å². The van der Waals surface area contributed by atoms with Crippen molar-refractivity contribution in [3.63, 3.8) is 0 Å². The molecule has 0 fully saturated rings. The zero-order chi connectivity index (χ0) is 19.9. The van der Waals surface area contributed by atoms with Crippen LogP contribution in [0.15, 0.2) is 91.5 Å². The Morgan fingerprint density at radius 3 is 2.28 bits per heavy atom. The molecule has 2 aromatic heterocycles. The van der Waals surface area contributed by atoms with Crippen LogP contribution in [0.3, 0.4) is 0 Å². The summed E-state index contributed by atoms with van der Waals surface area (Å²) < 4.78 is 9.52. The molecular weight excluding hydrogens is 360 g/mol. The molecule has 1 aliphatic rings.